The zero-order valence-electron chi connectivity index (χ0n) is 9.55. The third-order valence-electron chi connectivity index (χ3n) is 2.58. The van der Waals surface area contributed by atoms with Crippen LogP contribution in [0.4, 0.5) is 0 Å². The zero-order valence-corrected chi connectivity index (χ0v) is 11.2. The van der Waals surface area contributed by atoms with Crippen LogP contribution < -0.4 is 10.6 Å². The van der Waals surface area contributed by atoms with Crippen LogP contribution in [-0.2, 0) is 0 Å². The average molecular weight is 246 g/mol. The average Bonchev–Trinajstić information content (AvgIpc) is 2.28. The SMILES string of the molecule is CCCCNC(=S)NCC1CCCCS1. The Morgan fingerprint density at radius 1 is 1.40 bits per heavy atom. The molecule has 1 unspecified atom stereocenters. The highest BCUT2D eigenvalue weighted by atomic mass is 32.2. The predicted molar refractivity (Wildman–Crippen MR) is 73.6 cm³/mol. The number of thioether (sulfide) groups is 1. The van der Waals surface area contributed by atoms with Crippen LogP contribution in [0, 0.1) is 0 Å². The molecule has 1 fully saturated rings. The zero-order chi connectivity index (χ0) is 10.9. The summed E-state index contributed by atoms with van der Waals surface area (Å²) in [5.74, 6) is 1.32. The maximum Gasteiger partial charge on any atom is 0.166 e. The summed E-state index contributed by atoms with van der Waals surface area (Å²) < 4.78 is 0. The van der Waals surface area contributed by atoms with E-state index in [1.54, 1.807) is 0 Å². The van der Waals surface area contributed by atoms with Gasteiger partial charge >= 0.3 is 0 Å². The van der Waals surface area contributed by atoms with Crippen molar-refractivity contribution in [1.29, 1.82) is 0 Å². The van der Waals surface area contributed by atoms with Crippen molar-refractivity contribution in [3.63, 3.8) is 0 Å². The van der Waals surface area contributed by atoms with E-state index in [0.29, 0.717) is 0 Å². The van der Waals surface area contributed by atoms with Gasteiger partial charge in [0.1, 0.15) is 0 Å². The van der Waals surface area contributed by atoms with E-state index in [4.69, 9.17) is 12.2 Å². The molecule has 0 aromatic carbocycles. The molecule has 1 atom stereocenters. The van der Waals surface area contributed by atoms with Gasteiger partial charge in [-0.2, -0.15) is 11.8 Å². The molecule has 0 aromatic rings. The van der Waals surface area contributed by atoms with Crippen molar-refractivity contribution in [3.05, 3.63) is 0 Å². The predicted octanol–water partition coefficient (Wildman–Crippen LogP) is 2.54. The highest BCUT2D eigenvalue weighted by Gasteiger charge is 2.13. The molecule has 1 heterocycles. The Labute approximate surface area is 103 Å². The van der Waals surface area contributed by atoms with Gasteiger partial charge in [-0.25, -0.2) is 0 Å². The molecule has 15 heavy (non-hydrogen) atoms. The molecule has 4 heteroatoms. The molecule has 1 saturated heterocycles. The van der Waals surface area contributed by atoms with Gasteiger partial charge in [-0.15, -0.1) is 0 Å². The Morgan fingerprint density at radius 2 is 2.27 bits per heavy atom. The fraction of sp³-hybridized carbons (Fsp3) is 0.909. The number of nitrogens with one attached hydrogen (secondary N) is 2. The lowest BCUT2D eigenvalue weighted by atomic mass is 10.2. The van der Waals surface area contributed by atoms with E-state index in [9.17, 15) is 0 Å². The fourth-order valence-electron chi connectivity index (χ4n) is 1.62. The highest BCUT2D eigenvalue weighted by Crippen LogP contribution is 2.24. The topological polar surface area (TPSA) is 24.1 Å². The van der Waals surface area contributed by atoms with Crippen molar-refractivity contribution in [1.82, 2.24) is 10.6 Å². The molecular weight excluding hydrogens is 224 g/mol. The van der Waals surface area contributed by atoms with E-state index in [0.717, 1.165) is 23.5 Å². The fourth-order valence-corrected chi connectivity index (χ4v) is 3.04. The number of thiocarbonyl (C=S) groups is 1. The van der Waals surface area contributed by atoms with E-state index >= 15 is 0 Å². The first-order valence-corrected chi connectivity index (χ1v) is 7.42. The van der Waals surface area contributed by atoms with E-state index in [1.807, 2.05) is 0 Å². The largest absolute Gasteiger partial charge is 0.363 e. The van der Waals surface area contributed by atoms with E-state index in [-0.39, 0.29) is 0 Å². The molecule has 0 bridgehead atoms. The standard InChI is InChI=1S/C11H22N2S2/c1-2-3-7-12-11(14)13-9-10-6-4-5-8-15-10/h10H,2-9H2,1H3,(H2,12,13,14). The minimum Gasteiger partial charge on any atom is -0.363 e. The lowest BCUT2D eigenvalue weighted by Crippen LogP contribution is -2.39. The summed E-state index contributed by atoms with van der Waals surface area (Å²) in [5, 5.41) is 8.14. The van der Waals surface area contributed by atoms with E-state index < -0.39 is 0 Å². The third kappa shape index (κ3) is 6.25. The van der Waals surface area contributed by atoms with Gasteiger partial charge in [0.2, 0.25) is 0 Å². The van der Waals surface area contributed by atoms with Crippen molar-refractivity contribution in [3.8, 4) is 0 Å². The van der Waals surface area contributed by atoms with Crippen molar-refractivity contribution in [2.24, 2.45) is 0 Å². The van der Waals surface area contributed by atoms with Crippen molar-refractivity contribution < 1.29 is 0 Å². The molecule has 0 aromatic heterocycles. The van der Waals surface area contributed by atoms with Gasteiger partial charge in [0.05, 0.1) is 0 Å². The van der Waals surface area contributed by atoms with Crippen LogP contribution in [0.5, 0.6) is 0 Å². The second-order valence-corrected chi connectivity index (χ2v) is 5.80. The Balaban J connectivity index is 2.00. The van der Waals surface area contributed by atoms with Crippen LogP contribution in [0.15, 0.2) is 0 Å². The molecule has 2 N–H and O–H groups in total. The number of hydrogen-bond acceptors (Lipinski definition) is 2. The minimum absolute atomic E-state index is 0.768. The minimum atomic E-state index is 0.768. The lowest BCUT2D eigenvalue weighted by molar-refractivity contribution is 0.644. The number of rotatable bonds is 5. The van der Waals surface area contributed by atoms with Crippen LogP contribution in [-0.4, -0.2) is 29.2 Å². The van der Waals surface area contributed by atoms with Gasteiger partial charge in [0.25, 0.3) is 0 Å². The summed E-state index contributed by atoms with van der Waals surface area (Å²) >= 11 is 7.29. The Hall–Kier alpha value is 0.0400. The van der Waals surface area contributed by atoms with Gasteiger partial charge in [-0.3, -0.25) is 0 Å². The van der Waals surface area contributed by atoms with Crippen LogP contribution in [0.25, 0.3) is 0 Å². The summed E-state index contributed by atoms with van der Waals surface area (Å²) in [7, 11) is 0. The molecule has 0 radical (unpaired) electrons. The van der Waals surface area contributed by atoms with Gasteiger partial charge in [-0.1, -0.05) is 19.8 Å². The van der Waals surface area contributed by atoms with Crippen molar-refractivity contribution >= 4 is 29.1 Å². The van der Waals surface area contributed by atoms with Crippen molar-refractivity contribution in [2.45, 2.75) is 44.3 Å². The number of unbranched alkanes of at least 4 members (excludes halogenated alkanes) is 1. The second kappa shape index (κ2) is 8.22. The van der Waals surface area contributed by atoms with Gasteiger partial charge in [0.15, 0.2) is 5.11 Å². The Kier molecular flexibility index (Phi) is 7.18. The normalized spacial score (nSPS) is 21.0. The van der Waals surface area contributed by atoms with Gasteiger partial charge in [0, 0.05) is 18.3 Å². The summed E-state index contributed by atoms with van der Waals surface area (Å²) in [4.78, 5) is 0. The molecule has 1 aliphatic rings. The molecule has 1 aliphatic heterocycles. The van der Waals surface area contributed by atoms with Crippen LogP contribution in [0.1, 0.15) is 39.0 Å². The molecule has 0 saturated carbocycles. The molecular formula is C11H22N2S2. The van der Waals surface area contributed by atoms with Crippen LogP contribution in [0.2, 0.25) is 0 Å². The van der Waals surface area contributed by atoms with Gasteiger partial charge in [-0.05, 0) is 37.2 Å². The summed E-state index contributed by atoms with van der Waals surface area (Å²) in [5.41, 5.74) is 0. The quantitative estimate of drug-likeness (QED) is 0.575. The maximum absolute atomic E-state index is 5.20. The van der Waals surface area contributed by atoms with E-state index in [1.165, 1.54) is 37.9 Å². The first-order valence-electron chi connectivity index (χ1n) is 5.96. The first-order chi connectivity index (χ1) is 7.33. The summed E-state index contributed by atoms with van der Waals surface area (Å²) in [6.07, 6.45) is 6.53. The molecule has 2 nitrogen and oxygen atoms in total. The van der Waals surface area contributed by atoms with Gasteiger partial charge < -0.3 is 10.6 Å². The van der Waals surface area contributed by atoms with Crippen molar-refractivity contribution in [2.75, 3.05) is 18.8 Å². The maximum atomic E-state index is 5.20. The molecule has 0 spiro atoms. The molecule has 0 aliphatic carbocycles. The molecule has 0 amide bonds. The molecule has 1 rings (SSSR count). The monoisotopic (exact) mass is 246 g/mol. The first kappa shape index (κ1) is 13.1. The van der Waals surface area contributed by atoms with Crippen LogP contribution in [0.3, 0.4) is 0 Å². The third-order valence-corrected chi connectivity index (χ3v) is 4.27. The van der Waals surface area contributed by atoms with Crippen LogP contribution >= 0.6 is 24.0 Å². The summed E-state index contributed by atoms with van der Waals surface area (Å²) in [6, 6.07) is 0. The molecule has 88 valence electrons. The second-order valence-electron chi connectivity index (χ2n) is 3.98. The highest BCUT2D eigenvalue weighted by molar-refractivity contribution is 7.99. The smallest absolute Gasteiger partial charge is 0.166 e. The Bertz CT molecular complexity index is 179. The summed E-state index contributed by atoms with van der Waals surface area (Å²) in [6.45, 7) is 4.22. The van der Waals surface area contributed by atoms with E-state index in [2.05, 4.69) is 29.3 Å². The lowest BCUT2D eigenvalue weighted by Gasteiger charge is -2.22. The Morgan fingerprint density at radius 3 is 2.93 bits per heavy atom. The number of hydrogen-bond donors (Lipinski definition) is 2.